The Bertz CT molecular complexity index is 551. The lowest BCUT2D eigenvalue weighted by Gasteiger charge is -2.31. The van der Waals surface area contributed by atoms with Gasteiger partial charge in [0.05, 0.1) is 18.7 Å². The molecule has 2 rings (SSSR count). The van der Waals surface area contributed by atoms with E-state index < -0.39 is 5.60 Å². The van der Waals surface area contributed by atoms with E-state index in [1.165, 1.54) is 12.1 Å². The smallest absolute Gasteiger partial charge is 0.193 e. The molecule has 1 aromatic carbocycles. The van der Waals surface area contributed by atoms with E-state index in [1.807, 2.05) is 18.9 Å². The molecule has 8 heteroatoms. The number of likely N-dealkylation sites (N-methyl/N-ethyl adjacent to an activating group) is 1. The molecule has 0 aliphatic carbocycles. The molecule has 1 heterocycles. The minimum atomic E-state index is -0.787. The highest BCUT2D eigenvalue weighted by Gasteiger charge is 2.29. The molecule has 0 bridgehead atoms. The maximum atomic E-state index is 12.9. The third-order valence-corrected chi connectivity index (χ3v) is 4.15. The maximum absolute atomic E-state index is 12.9. The summed E-state index contributed by atoms with van der Waals surface area (Å²) in [6.07, 6.45) is 1.21. The quantitative estimate of drug-likeness (QED) is 0.356. The number of benzene rings is 1. The zero-order valence-electron chi connectivity index (χ0n) is 15.4. The molecule has 1 aliphatic rings. The number of ether oxygens (including phenoxy) is 2. The minimum Gasteiger partial charge on any atom is -0.492 e. The molecule has 0 saturated carbocycles. The Labute approximate surface area is 171 Å². The van der Waals surface area contributed by atoms with Crippen molar-refractivity contribution in [3.8, 4) is 5.75 Å². The molecule has 0 unspecified atom stereocenters. The van der Waals surface area contributed by atoms with E-state index in [2.05, 4.69) is 10.3 Å². The molecule has 1 aliphatic heterocycles. The van der Waals surface area contributed by atoms with Crippen LogP contribution in [0.15, 0.2) is 29.3 Å². The molecule has 2 N–H and O–H groups in total. The SMILES string of the molecule is CCNC(=NCC1(O)CCOCC1)N(C)CCOc1ccc(F)cc1.I. The van der Waals surface area contributed by atoms with Crippen LogP contribution < -0.4 is 10.1 Å². The van der Waals surface area contributed by atoms with Gasteiger partial charge in [-0.15, -0.1) is 24.0 Å². The Morgan fingerprint density at radius 1 is 1.35 bits per heavy atom. The Balaban J connectivity index is 0.00000338. The number of aliphatic imine (C=N–C) groups is 1. The van der Waals surface area contributed by atoms with Gasteiger partial charge in [0.15, 0.2) is 5.96 Å². The predicted molar refractivity (Wildman–Crippen MR) is 111 cm³/mol. The van der Waals surface area contributed by atoms with Crippen LogP contribution in [0.1, 0.15) is 19.8 Å². The maximum Gasteiger partial charge on any atom is 0.193 e. The normalized spacial score (nSPS) is 16.5. The number of hydrogen-bond donors (Lipinski definition) is 2. The van der Waals surface area contributed by atoms with Crippen LogP contribution in [-0.2, 0) is 4.74 Å². The lowest BCUT2D eigenvalue weighted by atomic mass is 9.95. The summed E-state index contributed by atoms with van der Waals surface area (Å²) in [6, 6.07) is 5.96. The van der Waals surface area contributed by atoms with Crippen LogP contribution >= 0.6 is 24.0 Å². The molecular weight excluding hydrogens is 452 g/mol. The summed E-state index contributed by atoms with van der Waals surface area (Å²) in [7, 11) is 1.92. The summed E-state index contributed by atoms with van der Waals surface area (Å²) in [5.74, 6) is 1.08. The average molecular weight is 481 g/mol. The van der Waals surface area contributed by atoms with Crippen molar-refractivity contribution >= 4 is 29.9 Å². The molecule has 26 heavy (non-hydrogen) atoms. The first-order valence-corrected chi connectivity index (χ1v) is 8.70. The van der Waals surface area contributed by atoms with E-state index in [0.717, 1.165) is 12.5 Å². The molecule has 1 aromatic rings. The summed E-state index contributed by atoms with van der Waals surface area (Å²) in [5, 5.41) is 13.8. The van der Waals surface area contributed by atoms with Crippen molar-refractivity contribution in [1.29, 1.82) is 0 Å². The largest absolute Gasteiger partial charge is 0.492 e. The second-order valence-corrected chi connectivity index (χ2v) is 6.23. The van der Waals surface area contributed by atoms with Crippen molar-refractivity contribution in [3.05, 3.63) is 30.1 Å². The number of hydrogen-bond acceptors (Lipinski definition) is 4. The molecule has 6 nitrogen and oxygen atoms in total. The monoisotopic (exact) mass is 481 g/mol. The van der Waals surface area contributed by atoms with Crippen LogP contribution in [0.3, 0.4) is 0 Å². The number of guanidine groups is 1. The topological polar surface area (TPSA) is 66.3 Å². The highest BCUT2D eigenvalue weighted by atomic mass is 127. The zero-order valence-corrected chi connectivity index (χ0v) is 17.7. The van der Waals surface area contributed by atoms with E-state index in [1.54, 1.807) is 12.1 Å². The first-order valence-electron chi connectivity index (χ1n) is 8.70. The van der Waals surface area contributed by atoms with Gasteiger partial charge in [-0.25, -0.2) is 4.39 Å². The molecule has 1 fully saturated rings. The molecular formula is C18H29FIN3O3. The molecule has 0 amide bonds. The van der Waals surface area contributed by atoms with Crippen molar-refractivity contribution in [3.63, 3.8) is 0 Å². The average Bonchev–Trinajstić information content (AvgIpc) is 2.61. The highest BCUT2D eigenvalue weighted by molar-refractivity contribution is 14.0. The highest BCUT2D eigenvalue weighted by Crippen LogP contribution is 2.20. The summed E-state index contributed by atoms with van der Waals surface area (Å²) < 4.78 is 23.8. The molecule has 0 atom stereocenters. The van der Waals surface area contributed by atoms with E-state index in [-0.39, 0.29) is 29.8 Å². The van der Waals surface area contributed by atoms with Crippen LogP contribution in [0.5, 0.6) is 5.75 Å². The van der Waals surface area contributed by atoms with Crippen molar-refractivity contribution in [2.75, 3.05) is 46.5 Å². The zero-order chi connectivity index (χ0) is 18.1. The van der Waals surface area contributed by atoms with Gasteiger partial charge in [0.1, 0.15) is 18.2 Å². The number of nitrogens with zero attached hydrogens (tertiary/aromatic N) is 2. The Morgan fingerprint density at radius 3 is 2.62 bits per heavy atom. The fraction of sp³-hybridized carbons (Fsp3) is 0.611. The van der Waals surface area contributed by atoms with Crippen molar-refractivity contribution in [2.24, 2.45) is 4.99 Å². The summed E-state index contributed by atoms with van der Waals surface area (Å²) in [4.78, 5) is 6.52. The summed E-state index contributed by atoms with van der Waals surface area (Å²) >= 11 is 0. The van der Waals surface area contributed by atoms with Crippen molar-refractivity contribution in [2.45, 2.75) is 25.4 Å². The number of halogens is 2. The summed E-state index contributed by atoms with van der Waals surface area (Å²) in [6.45, 7) is 5.30. The second-order valence-electron chi connectivity index (χ2n) is 6.23. The third kappa shape index (κ3) is 7.63. The first kappa shape index (κ1) is 22.9. The van der Waals surface area contributed by atoms with Gasteiger partial charge < -0.3 is 24.8 Å². The Kier molecular flexibility index (Phi) is 10.2. The fourth-order valence-corrected chi connectivity index (χ4v) is 2.54. The van der Waals surface area contributed by atoms with Crippen LogP contribution in [-0.4, -0.2) is 68.1 Å². The number of nitrogens with one attached hydrogen (secondary N) is 1. The van der Waals surface area contributed by atoms with Gasteiger partial charge in [-0.2, -0.15) is 0 Å². The third-order valence-electron chi connectivity index (χ3n) is 4.15. The van der Waals surface area contributed by atoms with Gasteiger partial charge in [-0.3, -0.25) is 4.99 Å². The lowest BCUT2D eigenvalue weighted by Crippen LogP contribution is -2.44. The minimum absolute atomic E-state index is 0. The van der Waals surface area contributed by atoms with E-state index in [0.29, 0.717) is 51.5 Å². The van der Waals surface area contributed by atoms with Crippen LogP contribution in [0.4, 0.5) is 4.39 Å². The predicted octanol–water partition coefficient (Wildman–Crippen LogP) is 2.26. The number of rotatable bonds is 7. The van der Waals surface area contributed by atoms with Gasteiger partial charge in [0.25, 0.3) is 0 Å². The Hall–Kier alpha value is -1.13. The van der Waals surface area contributed by atoms with Gasteiger partial charge in [0.2, 0.25) is 0 Å². The van der Waals surface area contributed by atoms with E-state index >= 15 is 0 Å². The molecule has 0 aromatic heterocycles. The van der Waals surface area contributed by atoms with Crippen LogP contribution in [0.25, 0.3) is 0 Å². The molecule has 148 valence electrons. The fourth-order valence-electron chi connectivity index (χ4n) is 2.54. The number of aliphatic hydroxyl groups is 1. The standard InChI is InChI=1S/C18H28FN3O3.HI/c1-3-20-17(21-14-18(23)8-11-24-12-9-18)22(2)10-13-25-16-6-4-15(19)5-7-16;/h4-7,23H,3,8-14H2,1-2H3,(H,20,21);1H. The Morgan fingerprint density at radius 2 is 2.00 bits per heavy atom. The van der Waals surface area contributed by atoms with Gasteiger partial charge in [-0.05, 0) is 31.2 Å². The van der Waals surface area contributed by atoms with Crippen LogP contribution in [0, 0.1) is 5.82 Å². The van der Waals surface area contributed by atoms with Crippen molar-refractivity contribution < 1.29 is 19.0 Å². The molecule has 0 radical (unpaired) electrons. The van der Waals surface area contributed by atoms with Gasteiger partial charge in [-0.1, -0.05) is 0 Å². The van der Waals surface area contributed by atoms with Gasteiger partial charge >= 0.3 is 0 Å². The first-order chi connectivity index (χ1) is 12.0. The molecule has 0 spiro atoms. The van der Waals surface area contributed by atoms with Crippen LogP contribution in [0.2, 0.25) is 0 Å². The summed E-state index contributed by atoms with van der Waals surface area (Å²) in [5.41, 5.74) is -0.787. The second kappa shape index (κ2) is 11.6. The van der Waals surface area contributed by atoms with E-state index in [4.69, 9.17) is 9.47 Å². The van der Waals surface area contributed by atoms with Crippen molar-refractivity contribution in [1.82, 2.24) is 10.2 Å². The van der Waals surface area contributed by atoms with Gasteiger partial charge in [0, 0.05) is 39.6 Å². The molecule has 1 saturated heterocycles. The van der Waals surface area contributed by atoms with E-state index in [9.17, 15) is 9.50 Å². The lowest BCUT2D eigenvalue weighted by molar-refractivity contribution is -0.0566.